The van der Waals surface area contributed by atoms with Crippen molar-refractivity contribution in [3.05, 3.63) is 47.8 Å². The van der Waals surface area contributed by atoms with Crippen molar-refractivity contribution < 1.29 is 14.3 Å². The van der Waals surface area contributed by atoms with E-state index in [1.54, 1.807) is 25.0 Å². The van der Waals surface area contributed by atoms with Crippen LogP contribution in [0.2, 0.25) is 0 Å². The molecule has 3 rings (SSSR count). The van der Waals surface area contributed by atoms with Crippen LogP contribution < -0.4 is 0 Å². The Labute approximate surface area is 171 Å². The molecule has 0 radical (unpaired) electrons. The van der Waals surface area contributed by atoms with E-state index in [1.165, 1.54) is 4.90 Å². The fraction of sp³-hybridized carbons (Fsp3) is 0.524. The molecule has 1 saturated heterocycles. The molecule has 1 aromatic carbocycles. The van der Waals surface area contributed by atoms with Crippen LogP contribution in [0.1, 0.15) is 41.7 Å². The number of likely N-dealkylation sites (tertiary alicyclic amines) is 1. The summed E-state index contributed by atoms with van der Waals surface area (Å²) in [6.07, 6.45) is 5.55. The lowest BCUT2D eigenvalue weighted by Crippen LogP contribution is -2.45. The predicted molar refractivity (Wildman–Crippen MR) is 108 cm³/mol. The van der Waals surface area contributed by atoms with Gasteiger partial charge in [-0.15, -0.1) is 5.10 Å². The number of aromatic nitrogens is 3. The minimum atomic E-state index is -0.165. The molecule has 29 heavy (non-hydrogen) atoms. The van der Waals surface area contributed by atoms with Gasteiger partial charge < -0.3 is 14.5 Å². The maximum absolute atomic E-state index is 12.7. The summed E-state index contributed by atoms with van der Waals surface area (Å²) in [4.78, 5) is 28.1. The third-order valence-corrected chi connectivity index (χ3v) is 5.14. The van der Waals surface area contributed by atoms with E-state index in [9.17, 15) is 9.59 Å². The van der Waals surface area contributed by atoms with Crippen LogP contribution in [0, 0.1) is 0 Å². The van der Waals surface area contributed by atoms with Crippen LogP contribution in [0.3, 0.4) is 0 Å². The van der Waals surface area contributed by atoms with Crippen molar-refractivity contribution in [3.8, 4) is 0 Å². The number of ether oxygens (including phenoxy) is 1. The van der Waals surface area contributed by atoms with Crippen molar-refractivity contribution in [1.82, 2.24) is 24.8 Å². The number of hydrogen-bond acceptors (Lipinski definition) is 5. The van der Waals surface area contributed by atoms with Gasteiger partial charge in [-0.2, -0.15) is 0 Å². The van der Waals surface area contributed by atoms with Gasteiger partial charge >= 0.3 is 0 Å². The Kier molecular flexibility index (Phi) is 7.35. The lowest BCUT2D eigenvalue weighted by molar-refractivity contribution is -0.140. The molecule has 156 valence electrons. The standard InChI is InChI=1S/C21H29N5O3/c1-24(2)21(28)19-14-25(23-22-19)13-11-18-10-6-7-12-26(18)20(27)16-29-15-17-8-4-3-5-9-17/h3-5,8-9,14,18H,6-7,10-13,15-16H2,1-2H3. The highest BCUT2D eigenvalue weighted by molar-refractivity contribution is 5.91. The SMILES string of the molecule is CN(C)C(=O)c1cn(CCC2CCCCN2C(=O)COCc2ccccc2)nn1. The Morgan fingerprint density at radius 1 is 1.21 bits per heavy atom. The first-order valence-corrected chi connectivity index (χ1v) is 10.1. The molecule has 8 heteroatoms. The van der Waals surface area contributed by atoms with Gasteiger partial charge in [0.1, 0.15) is 6.61 Å². The second-order valence-electron chi connectivity index (χ2n) is 7.57. The summed E-state index contributed by atoms with van der Waals surface area (Å²) in [5.74, 6) is -0.131. The van der Waals surface area contributed by atoms with Gasteiger partial charge in [0, 0.05) is 33.2 Å². The maximum atomic E-state index is 12.7. The zero-order valence-corrected chi connectivity index (χ0v) is 17.2. The Hall–Kier alpha value is -2.74. The molecule has 1 fully saturated rings. The number of hydrogen-bond donors (Lipinski definition) is 0. The Balaban J connectivity index is 1.50. The van der Waals surface area contributed by atoms with Crippen molar-refractivity contribution in [2.75, 3.05) is 27.2 Å². The predicted octanol–water partition coefficient (Wildman–Crippen LogP) is 1.97. The Bertz CT molecular complexity index is 806. The summed E-state index contributed by atoms with van der Waals surface area (Å²) >= 11 is 0. The first-order valence-electron chi connectivity index (χ1n) is 10.1. The number of amides is 2. The largest absolute Gasteiger partial charge is 0.367 e. The monoisotopic (exact) mass is 399 g/mol. The van der Waals surface area contributed by atoms with Crippen molar-refractivity contribution in [2.45, 2.75) is 44.9 Å². The van der Waals surface area contributed by atoms with Gasteiger partial charge in [-0.05, 0) is 31.2 Å². The van der Waals surface area contributed by atoms with Crippen LogP contribution >= 0.6 is 0 Å². The first-order chi connectivity index (χ1) is 14.0. The molecule has 2 aromatic rings. The summed E-state index contributed by atoms with van der Waals surface area (Å²) in [7, 11) is 3.37. The summed E-state index contributed by atoms with van der Waals surface area (Å²) in [5.41, 5.74) is 1.39. The van der Waals surface area contributed by atoms with Gasteiger partial charge in [-0.25, -0.2) is 0 Å². The van der Waals surface area contributed by atoms with E-state index in [0.717, 1.165) is 37.8 Å². The second-order valence-corrected chi connectivity index (χ2v) is 7.57. The Morgan fingerprint density at radius 3 is 2.76 bits per heavy atom. The van der Waals surface area contributed by atoms with Crippen LogP contribution in [0.25, 0.3) is 0 Å². The average Bonchev–Trinajstić information content (AvgIpc) is 3.21. The highest BCUT2D eigenvalue weighted by atomic mass is 16.5. The molecule has 0 spiro atoms. The number of carbonyl (C=O) groups excluding carboxylic acids is 2. The molecule has 1 aliphatic rings. The summed E-state index contributed by atoms with van der Waals surface area (Å²) in [6, 6.07) is 10.0. The fourth-order valence-corrected chi connectivity index (χ4v) is 3.56. The molecule has 0 saturated carbocycles. The average molecular weight is 399 g/mol. The van der Waals surface area contributed by atoms with E-state index < -0.39 is 0 Å². The molecule has 0 aliphatic carbocycles. The summed E-state index contributed by atoms with van der Waals surface area (Å²) in [6.45, 7) is 1.91. The Morgan fingerprint density at radius 2 is 2.00 bits per heavy atom. The lowest BCUT2D eigenvalue weighted by Gasteiger charge is -2.35. The summed E-state index contributed by atoms with van der Waals surface area (Å²) < 4.78 is 7.32. The van der Waals surface area contributed by atoms with Gasteiger partial charge in [-0.3, -0.25) is 14.3 Å². The zero-order chi connectivity index (χ0) is 20.6. The number of aryl methyl sites for hydroxylation is 1. The van der Waals surface area contributed by atoms with Gasteiger partial charge in [0.05, 0.1) is 12.8 Å². The quantitative estimate of drug-likeness (QED) is 0.678. The van der Waals surface area contributed by atoms with E-state index in [2.05, 4.69) is 10.3 Å². The van der Waals surface area contributed by atoms with Crippen molar-refractivity contribution in [3.63, 3.8) is 0 Å². The third-order valence-electron chi connectivity index (χ3n) is 5.14. The van der Waals surface area contributed by atoms with Crippen molar-refractivity contribution >= 4 is 11.8 Å². The molecule has 0 N–H and O–H groups in total. The first kappa shape index (κ1) is 21.0. The topological polar surface area (TPSA) is 80.6 Å². The highest BCUT2D eigenvalue weighted by Gasteiger charge is 2.26. The molecule has 1 aliphatic heterocycles. The number of rotatable bonds is 8. The summed E-state index contributed by atoms with van der Waals surface area (Å²) in [5, 5.41) is 7.99. The smallest absolute Gasteiger partial charge is 0.275 e. The molecule has 1 unspecified atom stereocenters. The van der Waals surface area contributed by atoms with Crippen LogP contribution in [0.4, 0.5) is 0 Å². The van der Waals surface area contributed by atoms with E-state index in [1.807, 2.05) is 35.2 Å². The van der Waals surface area contributed by atoms with E-state index in [-0.39, 0.29) is 24.5 Å². The lowest BCUT2D eigenvalue weighted by atomic mass is 9.99. The second kappa shape index (κ2) is 10.2. The van der Waals surface area contributed by atoms with Gasteiger partial charge in [-0.1, -0.05) is 35.5 Å². The molecule has 8 nitrogen and oxygen atoms in total. The fourth-order valence-electron chi connectivity index (χ4n) is 3.56. The number of piperidine rings is 1. The van der Waals surface area contributed by atoms with E-state index in [4.69, 9.17) is 4.74 Å². The maximum Gasteiger partial charge on any atom is 0.275 e. The molecule has 1 aromatic heterocycles. The van der Waals surface area contributed by atoms with Crippen molar-refractivity contribution in [1.29, 1.82) is 0 Å². The molecular formula is C21H29N5O3. The van der Waals surface area contributed by atoms with Crippen LogP contribution in [0.15, 0.2) is 36.5 Å². The van der Waals surface area contributed by atoms with E-state index in [0.29, 0.717) is 18.8 Å². The number of benzene rings is 1. The van der Waals surface area contributed by atoms with E-state index >= 15 is 0 Å². The minimum absolute atomic E-state index is 0.0349. The van der Waals surface area contributed by atoms with Crippen LogP contribution in [-0.4, -0.2) is 69.9 Å². The molecule has 1 atom stereocenters. The third kappa shape index (κ3) is 5.87. The van der Waals surface area contributed by atoms with Crippen molar-refractivity contribution in [2.24, 2.45) is 0 Å². The van der Waals surface area contributed by atoms with Crippen LogP contribution in [-0.2, 0) is 22.7 Å². The van der Waals surface area contributed by atoms with Gasteiger partial charge in [0.2, 0.25) is 5.91 Å². The highest BCUT2D eigenvalue weighted by Crippen LogP contribution is 2.20. The molecule has 2 amide bonds. The number of carbonyl (C=O) groups is 2. The zero-order valence-electron chi connectivity index (χ0n) is 17.2. The molecule has 2 heterocycles. The number of nitrogens with zero attached hydrogens (tertiary/aromatic N) is 5. The molecular weight excluding hydrogens is 370 g/mol. The molecule has 0 bridgehead atoms. The normalized spacial score (nSPS) is 16.6. The van der Waals surface area contributed by atoms with Gasteiger partial charge in [0.25, 0.3) is 5.91 Å². The minimum Gasteiger partial charge on any atom is -0.367 e. The van der Waals surface area contributed by atoms with Crippen LogP contribution in [0.5, 0.6) is 0 Å². The van der Waals surface area contributed by atoms with Gasteiger partial charge in [0.15, 0.2) is 5.69 Å².